The maximum absolute atomic E-state index is 11.6. The van der Waals surface area contributed by atoms with E-state index in [4.69, 9.17) is 9.15 Å². The number of methoxy groups -OCH3 is 2. The van der Waals surface area contributed by atoms with Crippen molar-refractivity contribution >= 4 is 27.6 Å². The van der Waals surface area contributed by atoms with Crippen molar-refractivity contribution in [1.29, 1.82) is 0 Å². The lowest BCUT2D eigenvalue weighted by molar-refractivity contribution is 0.0563. The Hall–Kier alpha value is -1.79. The monoisotopic (exact) mass is 353 g/mol. The molecule has 2 rings (SSSR count). The van der Waals surface area contributed by atoms with Gasteiger partial charge < -0.3 is 19.2 Å². The van der Waals surface area contributed by atoms with Crippen molar-refractivity contribution in [2.75, 3.05) is 19.5 Å². The van der Waals surface area contributed by atoms with Crippen molar-refractivity contribution in [3.63, 3.8) is 0 Å². The highest BCUT2D eigenvalue weighted by atomic mass is 79.9. The van der Waals surface area contributed by atoms with Crippen LogP contribution in [0.1, 0.15) is 21.7 Å². The molecule has 112 valence electrons. The normalized spacial score (nSPS) is 10.4. The zero-order valence-corrected chi connectivity index (χ0v) is 13.4. The summed E-state index contributed by atoms with van der Waals surface area (Å²) in [7, 11) is 2.97. The third kappa shape index (κ3) is 3.65. The van der Waals surface area contributed by atoms with Gasteiger partial charge in [0.05, 0.1) is 20.0 Å². The first-order chi connectivity index (χ1) is 10.2. The molecule has 0 amide bonds. The molecule has 0 spiro atoms. The van der Waals surface area contributed by atoms with Crippen molar-refractivity contribution in [2.45, 2.75) is 13.2 Å². The summed E-state index contributed by atoms with van der Waals surface area (Å²) in [5.41, 5.74) is 2.69. The third-order valence-corrected chi connectivity index (χ3v) is 3.74. The Kier molecular flexibility index (Phi) is 5.41. The minimum atomic E-state index is -0.483. The number of nitrogens with one attached hydrogen (secondary N) is 1. The van der Waals surface area contributed by atoms with Crippen LogP contribution in [-0.4, -0.2) is 20.2 Å². The number of rotatable bonds is 6. The number of furan rings is 1. The number of carbonyl (C=O) groups excluding carboxylic acids is 1. The molecule has 0 bridgehead atoms. The minimum absolute atomic E-state index is 0.216. The van der Waals surface area contributed by atoms with E-state index in [2.05, 4.69) is 26.0 Å². The molecule has 0 unspecified atom stereocenters. The summed E-state index contributed by atoms with van der Waals surface area (Å²) < 4.78 is 16.0. The second-order valence-corrected chi connectivity index (χ2v) is 5.17. The van der Waals surface area contributed by atoms with E-state index in [-0.39, 0.29) is 5.76 Å². The van der Waals surface area contributed by atoms with E-state index < -0.39 is 5.97 Å². The van der Waals surface area contributed by atoms with Gasteiger partial charge >= 0.3 is 5.97 Å². The SMILES string of the molecule is COCc1c(Br)cccc1NCc1ccoc1C(=O)OC. The molecular formula is C15H16BrNO4. The molecule has 0 saturated carbocycles. The van der Waals surface area contributed by atoms with Crippen molar-refractivity contribution in [3.05, 3.63) is 51.9 Å². The Bertz CT molecular complexity index is 624. The lowest BCUT2D eigenvalue weighted by Crippen LogP contribution is -2.08. The number of anilines is 1. The third-order valence-electron chi connectivity index (χ3n) is 2.99. The zero-order valence-electron chi connectivity index (χ0n) is 11.8. The Morgan fingerprint density at radius 1 is 1.33 bits per heavy atom. The fourth-order valence-corrected chi connectivity index (χ4v) is 2.43. The van der Waals surface area contributed by atoms with Gasteiger partial charge in [0.25, 0.3) is 0 Å². The zero-order chi connectivity index (χ0) is 15.2. The van der Waals surface area contributed by atoms with E-state index in [9.17, 15) is 4.79 Å². The predicted octanol–water partition coefficient (Wildman–Crippen LogP) is 3.59. The molecule has 0 fully saturated rings. The van der Waals surface area contributed by atoms with Gasteiger partial charge in [0.2, 0.25) is 5.76 Å². The van der Waals surface area contributed by atoms with Gasteiger partial charge in [0, 0.05) is 34.9 Å². The first-order valence-corrected chi connectivity index (χ1v) is 7.11. The molecule has 0 aliphatic carbocycles. The Labute approximate surface area is 131 Å². The molecule has 1 aromatic carbocycles. The van der Waals surface area contributed by atoms with Gasteiger partial charge in [-0.25, -0.2) is 4.79 Å². The maximum atomic E-state index is 11.6. The van der Waals surface area contributed by atoms with Crippen LogP contribution in [-0.2, 0) is 22.6 Å². The molecule has 0 aliphatic heterocycles. The van der Waals surface area contributed by atoms with E-state index in [0.717, 1.165) is 21.3 Å². The molecule has 6 heteroatoms. The van der Waals surface area contributed by atoms with Crippen molar-refractivity contribution in [1.82, 2.24) is 0 Å². The van der Waals surface area contributed by atoms with Gasteiger partial charge in [0.1, 0.15) is 0 Å². The molecule has 2 aromatic rings. The number of esters is 1. The number of carbonyl (C=O) groups is 1. The van der Waals surface area contributed by atoms with Crippen LogP contribution in [0.25, 0.3) is 0 Å². The molecular weight excluding hydrogens is 338 g/mol. The first-order valence-electron chi connectivity index (χ1n) is 6.32. The maximum Gasteiger partial charge on any atom is 0.374 e. The highest BCUT2D eigenvalue weighted by molar-refractivity contribution is 9.10. The van der Waals surface area contributed by atoms with Crippen LogP contribution in [0.4, 0.5) is 5.69 Å². The van der Waals surface area contributed by atoms with Crippen molar-refractivity contribution < 1.29 is 18.7 Å². The van der Waals surface area contributed by atoms with Gasteiger partial charge in [-0.05, 0) is 18.2 Å². The minimum Gasteiger partial charge on any atom is -0.463 e. The van der Waals surface area contributed by atoms with Gasteiger partial charge in [-0.2, -0.15) is 0 Å². The Morgan fingerprint density at radius 3 is 2.86 bits per heavy atom. The van der Waals surface area contributed by atoms with Crippen LogP contribution in [0.3, 0.4) is 0 Å². The van der Waals surface area contributed by atoms with Crippen LogP contribution in [0.15, 0.2) is 39.4 Å². The summed E-state index contributed by atoms with van der Waals surface area (Å²) in [5.74, 6) is -0.267. The molecule has 1 aromatic heterocycles. The standard InChI is InChI=1S/C15H16BrNO4/c1-19-9-11-12(16)4-3-5-13(11)17-8-10-6-7-21-14(10)15(18)20-2/h3-7,17H,8-9H2,1-2H3. The number of halogens is 1. The summed E-state index contributed by atoms with van der Waals surface area (Å²) in [6.07, 6.45) is 1.47. The smallest absolute Gasteiger partial charge is 0.374 e. The Balaban J connectivity index is 2.15. The number of benzene rings is 1. The fraction of sp³-hybridized carbons (Fsp3) is 0.267. The summed E-state index contributed by atoms with van der Waals surface area (Å²) in [5, 5.41) is 3.28. The summed E-state index contributed by atoms with van der Waals surface area (Å²) in [6.45, 7) is 0.938. The van der Waals surface area contributed by atoms with Crippen molar-refractivity contribution in [3.8, 4) is 0 Å². The summed E-state index contributed by atoms with van der Waals surface area (Å²) in [4.78, 5) is 11.6. The average molecular weight is 354 g/mol. The molecule has 0 aliphatic rings. The topological polar surface area (TPSA) is 60.7 Å². The average Bonchev–Trinajstić information content (AvgIpc) is 2.95. The summed E-state index contributed by atoms with van der Waals surface area (Å²) in [6, 6.07) is 7.59. The van der Waals surface area contributed by atoms with E-state index in [1.165, 1.54) is 13.4 Å². The van der Waals surface area contributed by atoms with Gasteiger partial charge in [-0.15, -0.1) is 0 Å². The number of hydrogen-bond donors (Lipinski definition) is 1. The van der Waals surface area contributed by atoms with Crippen LogP contribution in [0, 0.1) is 0 Å². The van der Waals surface area contributed by atoms with E-state index in [1.807, 2.05) is 18.2 Å². The van der Waals surface area contributed by atoms with E-state index in [0.29, 0.717) is 13.2 Å². The van der Waals surface area contributed by atoms with E-state index >= 15 is 0 Å². The molecule has 0 radical (unpaired) electrons. The van der Waals surface area contributed by atoms with Crippen LogP contribution in [0.5, 0.6) is 0 Å². The highest BCUT2D eigenvalue weighted by Crippen LogP contribution is 2.26. The highest BCUT2D eigenvalue weighted by Gasteiger charge is 2.16. The largest absolute Gasteiger partial charge is 0.463 e. The molecule has 1 heterocycles. The first kappa shape index (κ1) is 15.6. The lowest BCUT2D eigenvalue weighted by atomic mass is 10.1. The number of ether oxygens (including phenoxy) is 2. The molecule has 0 atom stereocenters. The molecule has 1 N–H and O–H groups in total. The predicted molar refractivity (Wildman–Crippen MR) is 82.2 cm³/mol. The van der Waals surface area contributed by atoms with Gasteiger partial charge in [-0.1, -0.05) is 22.0 Å². The fourth-order valence-electron chi connectivity index (χ4n) is 1.95. The Morgan fingerprint density at radius 2 is 2.14 bits per heavy atom. The van der Waals surface area contributed by atoms with Gasteiger partial charge in [0.15, 0.2) is 0 Å². The second kappa shape index (κ2) is 7.28. The van der Waals surface area contributed by atoms with Crippen LogP contribution < -0.4 is 5.32 Å². The van der Waals surface area contributed by atoms with Crippen molar-refractivity contribution in [2.24, 2.45) is 0 Å². The second-order valence-electron chi connectivity index (χ2n) is 4.32. The number of hydrogen-bond acceptors (Lipinski definition) is 5. The molecule has 21 heavy (non-hydrogen) atoms. The van der Waals surface area contributed by atoms with Crippen LogP contribution >= 0.6 is 15.9 Å². The molecule has 0 saturated heterocycles. The quantitative estimate of drug-likeness (QED) is 0.804. The summed E-state index contributed by atoms with van der Waals surface area (Å²) >= 11 is 3.50. The lowest BCUT2D eigenvalue weighted by Gasteiger charge is -2.13. The van der Waals surface area contributed by atoms with E-state index in [1.54, 1.807) is 13.2 Å². The van der Waals surface area contributed by atoms with Gasteiger partial charge in [-0.3, -0.25) is 0 Å². The van der Waals surface area contributed by atoms with Crippen LogP contribution in [0.2, 0.25) is 0 Å². The molecule has 5 nitrogen and oxygen atoms in total.